The van der Waals surface area contributed by atoms with Gasteiger partial charge < -0.3 is 4.79 Å². The Kier molecular flexibility index (Phi) is 10.8. The zero-order chi connectivity index (χ0) is 24.1. The molecule has 0 bridgehead atoms. The quantitative estimate of drug-likeness (QED) is 0.311. The molecule has 0 unspecified atom stereocenters. The molecule has 0 saturated carbocycles. The Morgan fingerprint density at radius 2 is 0.636 bits per heavy atom. The first-order valence-corrected chi connectivity index (χ1v) is 11.5. The minimum atomic E-state index is 1.01. The van der Waals surface area contributed by atoms with Crippen molar-refractivity contribution in [2.75, 3.05) is 0 Å². The van der Waals surface area contributed by atoms with E-state index in [2.05, 4.69) is 125 Å². The van der Waals surface area contributed by atoms with E-state index in [-0.39, 0.29) is 0 Å². The predicted octanol–water partition coefficient (Wildman–Crippen LogP) is 7.86. The van der Waals surface area contributed by atoms with Crippen LogP contribution in [0.5, 0.6) is 0 Å². The molecule has 0 N–H and O–H groups in total. The Morgan fingerprint density at radius 1 is 0.424 bits per heavy atom. The van der Waals surface area contributed by atoms with E-state index in [0.29, 0.717) is 0 Å². The molecule has 1 nitrogen and oxygen atoms in total. The first-order chi connectivity index (χ1) is 16.0. The van der Waals surface area contributed by atoms with E-state index in [0.717, 1.165) is 19.3 Å². The van der Waals surface area contributed by atoms with Gasteiger partial charge in [-0.05, 0) is 67.9 Å². The van der Waals surface area contributed by atoms with Crippen LogP contribution in [0.4, 0.5) is 0 Å². The van der Waals surface area contributed by atoms with Gasteiger partial charge in [0.15, 0.2) is 0 Å². The molecule has 1 heteroatoms. The van der Waals surface area contributed by atoms with Gasteiger partial charge in [0, 0.05) is 0 Å². The molecule has 0 spiro atoms. The predicted molar refractivity (Wildman–Crippen MR) is 142 cm³/mol. The lowest BCUT2D eigenvalue weighted by atomic mass is 9.99. The van der Waals surface area contributed by atoms with Crippen molar-refractivity contribution in [2.24, 2.45) is 0 Å². The van der Waals surface area contributed by atoms with Crippen LogP contribution >= 0.6 is 0 Å². The summed E-state index contributed by atoms with van der Waals surface area (Å²) in [7, 11) is 0. The van der Waals surface area contributed by atoms with Crippen LogP contribution in [0, 0.1) is 20.8 Å². The molecule has 0 atom stereocenters. The molecule has 0 saturated heterocycles. The third kappa shape index (κ3) is 9.29. The van der Waals surface area contributed by atoms with Crippen molar-refractivity contribution >= 4 is 6.79 Å². The van der Waals surface area contributed by atoms with Gasteiger partial charge in [-0.15, -0.1) is 0 Å². The van der Waals surface area contributed by atoms with Gasteiger partial charge in [0.2, 0.25) is 0 Å². The Bertz CT molecular complexity index is 1040. The van der Waals surface area contributed by atoms with Crippen LogP contribution in [0.2, 0.25) is 0 Å². The van der Waals surface area contributed by atoms with Crippen LogP contribution < -0.4 is 0 Å². The fourth-order valence-electron chi connectivity index (χ4n) is 3.48. The summed E-state index contributed by atoms with van der Waals surface area (Å²) < 4.78 is 0. The van der Waals surface area contributed by atoms with Crippen molar-refractivity contribution in [3.63, 3.8) is 0 Å². The lowest BCUT2D eigenvalue weighted by Gasteiger charge is -2.06. The summed E-state index contributed by atoms with van der Waals surface area (Å²) in [4.78, 5) is 8.00. The normalized spacial score (nSPS) is 9.82. The molecule has 0 aliphatic carbocycles. The Labute approximate surface area is 200 Å². The summed E-state index contributed by atoms with van der Waals surface area (Å²) in [6, 6.07) is 35.3. The lowest BCUT2D eigenvalue weighted by molar-refractivity contribution is -0.0979. The van der Waals surface area contributed by atoms with E-state index in [1.165, 1.54) is 44.5 Å². The number of hydrogen-bond donors (Lipinski definition) is 0. The van der Waals surface area contributed by atoms with Crippen LogP contribution in [-0.4, -0.2) is 6.79 Å². The number of benzene rings is 4. The highest BCUT2D eigenvalue weighted by Crippen LogP contribution is 2.15. The maximum absolute atomic E-state index is 8.00. The standard InChI is InChI=1S/C23H24.C8H10.CH2O/c1-3-19-8-10-21(11-9-19)17-23-14-12-22(13-15-23)16-20-6-4-18(2)5-7-20;1-7-3-5-8(2)6-4-7;1-2/h4-15H,3,16-17H2,1-2H3;3-6H,1-2H3;1H2. The van der Waals surface area contributed by atoms with Crippen molar-refractivity contribution in [1.82, 2.24) is 0 Å². The van der Waals surface area contributed by atoms with E-state index in [9.17, 15) is 0 Å². The highest BCUT2D eigenvalue weighted by atomic mass is 16.1. The van der Waals surface area contributed by atoms with Crippen LogP contribution in [0.25, 0.3) is 0 Å². The molecule has 0 fully saturated rings. The van der Waals surface area contributed by atoms with Gasteiger partial charge in [0.1, 0.15) is 6.79 Å². The lowest BCUT2D eigenvalue weighted by Crippen LogP contribution is -1.92. The van der Waals surface area contributed by atoms with E-state index >= 15 is 0 Å². The van der Waals surface area contributed by atoms with Gasteiger partial charge in [-0.25, -0.2) is 0 Å². The third-order valence-corrected chi connectivity index (χ3v) is 5.61. The second kappa shape index (κ2) is 13.9. The first-order valence-electron chi connectivity index (χ1n) is 11.5. The molecule has 4 aromatic carbocycles. The van der Waals surface area contributed by atoms with Crippen molar-refractivity contribution in [3.8, 4) is 0 Å². The first kappa shape index (κ1) is 25.8. The molecule has 0 aliphatic heterocycles. The number of hydrogen-bond acceptors (Lipinski definition) is 1. The molecule has 170 valence electrons. The second-order valence-corrected chi connectivity index (χ2v) is 8.48. The zero-order valence-corrected chi connectivity index (χ0v) is 20.5. The SMILES string of the molecule is C=O.CCc1ccc(Cc2ccc(Cc3ccc(C)cc3)cc2)cc1.Cc1ccc(C)cc1. The summed E-state index contributed by atoms with van der Waals surface area (Å²) in [5.74, 6) is 0. The minimum Gasteiger partial charge on any atom is -0.307 e. The summed E-state index contributed by atoms with van der Waals surface area (Å²) >= 11 is 0. The molecule has 0 radical (unpaired) electrons. The van der Waals surface area contributed by atoms with Crippen LogP contribution in [0.15, 0.2) is 97.1 Å². The summed E-state index contributed by atoms with van der Waals surface area (Å²) in [5.41, 5.74) is 10.9. The average molecular weight is 437 g/mol. The van der Waals surface area contributed by atoms with E-state index in [4.69, 9.17) is 4.79 Å². The molecule has 0 amide bonds. The summed E-state index contributed by atoms with van der Waals surface area (Å²) in [6.07, 6.45) is 3.12. The second-order valence-electron chi connectivity index (χ2n) is 8.48. The number of carbonyl (C=O) groups is 1. The van der Waals surface area contributed by atoms with Crippen molar-refractivity contribution in [2.45, 2.75) is 47.0 Å². The highest BCUT2D eigenvalue weighted by molar-refractivity contribution is 5.33. The molecule has 4 rings (SSSR count). The van der Waals surface area contributed by atoms with Gasteiger partial charge in [-0.1, -0.05) is 121 Å². The van der Waals surface area contributed by atoms with E-state index in [1.807, 2.05) is 6.79 Å². The number of rotatable bonds is 5. The molecular formula is C32H36O. The Balaban J connectivity index is 0.000000323. The van der Waals surface area contributed by atoms with E-state index < -0.39 is 0 Å². The van der Waals surface area contributed by atoms with Crippen molar-refractivity contribution < 1.29 is 4.79 Å². The smallest absolute Gasteiger partial charge is 0.106 e. The largest absolute Gasteiger partial charge is 0.307 e. The Morgan fingerprint density at radius 3 is 0.909 bits per heavy atom. The minimum absolute atomic E-state index is 1.01. The maximum Gasteiger partial charge on any atom is 0.106 e. The van der Waals surface area contributed by atoms with Crippen LogP contribution in [-0.2, 0) is 24.1 Å². The van der Waals surface area contributed by atoms with Gasteiger partial charge >= 0.3 is 0 Å². The van der Waals surface area contributed by atoms with Gasteiger partial charge in [-0.3, -0.25) is 0 Å². The molecule has 33 heavy (non-hydrogen) atoms. The van der Waals surface area contributed by atoms with Crippen molar-refractivity contribution in [3.05, 3.63) is 142 Å². The average Bonchev–Trinajstić information content (AvgIpc) is 2.86. The summed E-state index contributed by atoms with van der Waals surface area (Å²) in [5, 5.41) is 0. The fourth-order valence-corrected chi connectivity index (χ4v) is 3.48. The van der Waals surface area contributed by atoms with Crippen LogP contribution in [0.3, 0.4) is 0 Å². The molecule has 0 aliphatic rings. The number of carbonyl (C=O) groups excluding carboxylic acids is 1. The van der Waals surface area contributed by atoms with Gasteiger partial charge in [0.05, 0.1) is 0 Å². The molecule has 4 aromatic rings. The fraction of sp³-hybridized carbons (Fsp3) is 0.219. The maximum atomic E-state index is 8.00. The molecular weight excluding hydrogens is 400 g/mol. The zero-order valence-electron chi connectivity index (χ0n) is 20.5. The van der Waals surface area contributed by atoms with E-state index in [1.54, 1.807) is 0 Å². The Hall–Kier alpha value is -3.45. The van der Waals surface area contributed by atoms with Gasteiger partial charge in [0.25, 0.3) is 0 Å². The highest BCUT2D eigenvalue weighted by Gasteiger charge is 2.00. The molecule has 0 heterocycles. The monoisotopic (exact) mass is 436 g/mol. The number of aryl methyl sites for hydroxylation is 4. The molecule has 0 aromatic heterocycles. The van der Waals surface area contributed by atoms with Crippen LogP contribution in [0.1, 0.15) is 51.4 Å². The summed E-state index contributed by atoms with van der Waals surface area (Å²) in [6.45, 7) is 10.5. The third-order valence-electron chi connectivity index (χ3n) is 5.61. The van der Waals surface area contributed by atoms with Crippen molar-refractivity contribution in [1.29, 1.82) is 0 Å². The van der Waals surface area contributed by atoms with Gasteiger partial charge in [-0.2, -0.15) is 0 Å². The topological polar surface area (TPSA) is 17.1 Å².